The first kappa shape index (κ1) is 25.3. The summed E-state index contributed by atoms with van der Waals surface area (Å²) in [4.78, 5) is 21.5. The first-order valence-electron chi connectivity index (χ1n) is 9.57. The van der Waals surface area contributed by atoms with Gasteiger partial charge in [0.1, 0.15) is 11.5 Å². The summed E-state index contributed by atoms with van der Waals surface area (Å²) in [6.45, 7) is 0. The summed E-state index contributed by atoms with van der Waals surface area (Å²) in [6.07, 6.45) is 0. The predicted octanol–water partition coefficient (Wildman–Crippen LogP) is 2.84. The second-order valence-electron chi connectivity index (χ2n) is 6.71. The normalized spacial score (nSPS) is 9.70. The molecule has 0 aliphatic heterocycles. The Hall–Kier alpha value is -3.96. The van der Waals surface area contributed by atoms with E-state index in [4.69, 9.17) is 0 Å². The molecule has 0 unspecified atom stereocenters. The van der Waals surface area contributed by atoms with Gasteiger partial charge >= 0.3 is 19.5 Å². The molecule has 4 aromatic rings. The third-order valence-electron chi connectivity index (χ3n) is 4.68. The van der Waals surface area contributed by atoms with Crippen LogP contribution < -0.4 is 10.2 Å². The van der Waals surface area contributed by atoms with Gasteiger partial charge in [-0.05, 0) is 23.3 Å². The number of para-hydroxylation sites is 2. The number of hydrogen-bond acceptors (Lipinski definition) is 6. The second kappa shape index (κ2) is 11.6. The molecule has 0 saturated carbocycles. The standard InChI is InChI=1S/2C13H10O3.Zn/c2*14-12-10(9-5-2-1-3-6-9)7-4-8-11(12)13(15)16;/h2*1-8,14H,(H,15,16);/q;;+2/p-2. The number of phenols is 2. The molecule has 0 atom stereocenters. The minimum absolute atomic E-state index is 0. The van der Waals surface area contributed by atoms with E-state index in [2.05, 4.69) is 0 Å². The van der Waals surface area contributed by atoms with E-state index >= 15 is 0 Å². The molecule has 0 radical (unpaired) electrons. The Bertz CT molecular complexity index is 1140. The van der Waals surface area contributed by atoms with Crippen molar-refractivity contribution in [3.05, 3.63) is 108 Å². The van der Waals surface area contributed by atoms with E-state index in [1.165, 1.54) is 12.1 Å². The molecule has 0 bridgehead atoms. The van der Waals surface area contributed by atoms with Gasteiger partial charge in [-0.15, -0.1) is 0 Å². The van der Waals surface area contributed by atoms with Gasteiger partial charge in [-0.3, -0.25) is 0 Å². The van der Waals surface area contributed by atoms with Gasteiger partial charge in [0.2, 0.25) is 0 Å². The Morgan fingerprint density at radius 3 is 1.15 bits per heavy atom. The quantitative estimate of drug-likeness (QED) is 0.423. The van der Waals surface area contributed by atoms with Gasteiger partial charge in [-0.2, -0.15) is 0 Å². The molecular formula is C26H18O6Zn. The average molecular weight is 492 g/mol. The Balaban J connectivity index is 0.000000227. The number of hydrogen-bond donors (Lipinski definition) is 2. The maximum Gasteiger partial charge on any atom is 2.00 e. The number of carbonyl (C=O) groups is 2. The van der Waals surface area contributed by atoms with Crippen LogP contribution in [-0.4, -0.2) is 22.2 Å². The van der Waals surface area contributed by atoms with Crippen molar-refractivity contribution in [2.24, 2.45) is 0 Å². The molecule has 0 aliphatic rings. The van der Waals surface area contributed by atoms with E-state index in [1.54, 1.807) is 48.5 Å². The summed E-state index contributed by atoms with van der Waals surface area (Å²) in [7, 11) is 0. The molecule has 0 aromatic heterocycles. The third-order valence-corrected chi connectivity index (χ3v) is 4.68. The first-order valence-corrected chi connectivity index (χ1v) is 9.57. The van der Waals surface area contributed by atoms with E-state index in [-0.39, 0.29) is 42.1 Å². The number of carboxylic acid groups (broad SMARTS) is 2. The minimum Gasteiger partial charge on any atom is -0.545 e. The van der Waals surface area contributed by atoms with Gasteiger partial charge in [0.15, 0.2) is 0 Å². The zero-order valence-electron chi connectivity index (χ0n) is 17.5. The maximum absolute atomic E-state index is 10.7. The Labute approximate surface area is 203 Å². The van der Waals surface area contributed by atoms with Crippen LogP contribution in [0.5, 0.6) is 11.5 Å². The van der Waals surface area contributed by atoms with Crippen LogP contribution in [0.1, 0.15) is 20.7 Å². The summed E-state index contributed by atoms with van der Waals surface area (Å²) < 4.78 is 0. The summed E-state index contributed by atoms with van der Waals surface area (Å²) in [5.41, 5.74) is 2.12. The van der Waals surface area contributed by atoms with E-state index < -0.39 is 11.9 Å². The summed E-state index contributed by atoms with van der Waals surface area (Å²) in [5, 5.41) is 41.1. The van der Waals surface area contributed by atoms with Gasteiger partial charge in [-0.25, -0.2) is 0 Å². The van der Waals surface area contributed by atoms with E-state index in [0.717, 1.165) is 11.1 Å². The molecule has 33 heavy (non-hydrogen) atoms. The fourth-order valence-electron chi connectivity index (χ4n) is 3.12. The molecule has 7 heteroatoms. The van der Waals surface area contributed by atoms with Crippen molar-refractivity contribution < 1.29 is 49.5 Å². The van der Waals surface area contributed by atoms with Gasteiger partial charge in [0, 0.05) is 22.3 Å². The van der Waals surface area contributed by atoms with Crippen molar-refractivity contribution in [2.45, 2.75) is 0 Å². The molecule has 0 saturated heterocycles. The van der Waals surface area contributed by atoms with Crippen molar-refractivity contribution in [3.63, 3.8) is 0 Å². The number of aromatic carboxylic acids is 2. The maximum atomic E-state index is 10.7. The van der Waals surface area contributed by atoms with E-state index in [9.17, 15) is 30.0 Å². The summed E-state index contributed by atoms with van der Waals surface area (Å²) in [6, 6.07) is 27.3. The zero-order chi connectivity index (χ0) is 23.1. The molecule has 0 spiro atoms. The molecule has 2 N–H and O–H groups in total. The van der Waals surface area contributed by atoms with Gasteiger partial charge < -0.3 is 30.0 Å². The van der Waals surface area contributed by atoms with Gasteiger partial charge in [0.25, 0.3) is 0 Å². The number of carboxylic acids is 2. The molecule has 0 fully saturated rings. The van der Waals surface area contributed by atoms with Crippen molar-refractivity contribution in [2.75, 3.05) is 0 Å². The van der Waals surface area contributed by atoms with Crippen molar-refractivity contribution in [1.82, 2.24) is 0 Å². The molecule has 0 aliphatic carbocycles. The Kier molecular flexibility index (Phi) is 8.90. The molecule has 160 valence electrons. The smallest absolute Gasteiger partial charge is 0.545 e. The van der Waals surface area contributed by atoms with Crippen molar-refractivity contribution in [1.29, 1.82) is 0 Å². The van der Waals surface area contributed by atoms with Crippen LogP contribution in [-0.2, 0) is 19.5 Å². The van der Waals surface area contributed by atoms with Crippen LogP contribution in [0, 0.1) is 0 Å². The number of rotatable bonds is 4. The average Bonchev–Trinajstić information content (AvgIpc) is 2.80. The summed E-state index contributed by atoms with van der Waals surface area (Å²) >= 11 is 0. The first-order chi connectivity index (χ1) is 15.4. The molecule has 0 amide bonds. The fraction of sp³-hybridized carbons (Fsp3) is 0. The van der Waals surface area contributed by atoms with Crippen LogP contribution in [0.4, 0.5) is 0 Å². The van der Waals surface area contributed by atoms with E-state index in [0.29, 0.717) is 11.1 Å². The van der Waals surface area contributed by atoms with Gasteiger partial charge in [-0.1, -0.05) is 84.9 Å². The second-order valence-corrected chi connectivity index (χ2v) is 6.71. The van der Waals surface area contributed by atoms with Crippen molar-refractivity contribution >= 4 is 11.9 Å². The molecule has 0 heterocycles. The summed E-state index contributed by atoms with van der Waals surface area (Å²) in [5.74, 6) is -3.27. The van der Waals surface area contributed by atoms with Crippen LogP contribution in [0.15, 0.2) is 97.1 Å². The Morgan fingerprint density at radius 1 is 0.515 bits per heavy atom. The SMILES string of the molecule is O=C([O-])c1cccc(-c2ccccc2)c1O.O=C([O-])c1cccc(-c2ccccc2)c1O.[Zn+2]. The third kappa shape index (κ3) is 6.06. The Morgan fingerprint density at radius 2 is 0.848 bits per heavy atom. The monoisotopic (exact) mass is 490 g/mol. The van der Waals surface area contributed by atoms with Crippen LogP contribution in [0.25, 0.3) is 22.3 Å². The van der Waals surface area contributed by atoms with Crippen LogP contribution in [0.3, 0.4) is 0 Å². The number of benzene rings is 4. The number of aromatic hydroxyl groups is 2. The molecular weight excluding hydrogens is 474 g/mol. The topological polar surface area (TPSA) is 121 Å². The van der Waals surface area contributed by atoms with Crippen LogP contribution >= 0.6 is 0 Å². The largest absolute Gasteiger partial charge is 2.00 e. The molecule has 4 rings (SSSR count). The zero-order valence-corrected chi connectivity index (χ0v) is 20.4. The van der Waals surface area contributed by atoms with Crippen molar-refractivity contribution in [3.8, 4) is 33.8 Å². The minimum atomic E-state index is -1.38. The molecule has 4 aromatic carbocycles. The van der Waals surface area contributed by atoms with E-state index in [1.807, 2.05) is 36.4 Å². The number of carbonyl (C=O) groups excluding carboxylic acids is 2. The molecule has 6 nitrogen and oxygen atoms in total. The predicted molar refractivity (Wildman–Crippen MR) is 116 cm³/mol. The van der Waals surface area contributed by atoms with Crippen LogP contribution in [0.2, 0.25) is 0 Å². The fourth-order valence-corrected chi connectivity index (χ4v) is 3.12. The van der Waals surface area contributed by atoms with Gasteiger partial charge in [0.05, 0.1) is 11.9 Å².